The van der Waals surface area contributed by atoms with Crippen LogP contribution in [0.4, 0.5) is 17.3 Å². The van der Waals surface area contributed by atoms with E-state index in [-0.39, 0.29) is 24.4 Å². The maximum Gasteiger partial charge on any atom is 0.490 e. The van der Waals surface area contributed by atoms with Crippen LogP contribution in [0.2, 0.25) is 0 Å². The van der Waals surface area contributed by atoms with Crippen molar-refractivity contribution in [1.82, 2.24) is 29.8 Å². The summed E-state index contributed by atoms with van der Waals surface area (Å²) in [6.07, 6.45) is 5.68. The molecule has 0 spiro atoms. The third-order valence-corrected chi connectivity index (χ3v) is 10.3. The molecule has 22 nitrogen and oxygen atoms in total. The molecule has 0 aromatic carbocycles. The molecule has 47 heavy (non-hydrogen) atoms. The van der Waals surface area contributed by atoms with Gasteiger partial charge in [-0.1, -0.05) is 0 Å². The highest BCUT2D eigenvalue weighted by Crippen LogP contribution is 2.66. The number of phosphoric ester groups is 1. The molecule has 3 aromatic heterocycles. The minimum atomic E-state index is -5.72. The lowest BCUT2D eigenvalue weighted by Crippen LogP contribution is -2.27. The summed E-state index contributed by atoms with van der Waals surface area (Å²) in [4.78, 5) is 69.7. The molecule has 5 heterocycles. The van der Waals surface area contributed by atoms with E-state index in [2.05, 4.69) is 48.7 Å². The van der Waals surface area contributed by atoms with Gasteiger partial charge in [0.05, 0.1) is 23.8 Å². The number of aliphatic imine (C=N–C) groups is 1. The monoisotopic (exact) mass is 719 g/mol. The van der Waals surface area contributed by atoms with Gasteiger partial charge in [-0.2, -0.15) is 8.62 Å². The molecule has 1 saturated heterocycles. The highest BCUT2D eigenvalue weighted by molar-refractivity contribution is 7.66. The summed E-state index contributed by atoms with van der Waals surface area (Å²) in [5, 5.41) is 16.7. The van der Waals surface area contributed by atoms with Gasteiger partial charge in [0, 0.05) is 50.0 Å². The van der Waals surface area contributed by atoms with Crippen LogP contribution in [0.15, 0.2) is 29.9 Å². The third kappa shape index (κ3) is 8.90. The topological polar surface area (TPSA) is 325 Å². The average Bonchev–Trinajstić information content (AvgIpc) is 3.69. The van der Waals surface area contributed by atoms with Crippen LogP contribution in [0.5, 0.6) is 0 Å². The van der Waals surface area contributed by atoms with Gasteiger partial charge in [0.25, 0.3) is 0 Å². The molecule has 0 bridgehead atoms. The number of rotatable bonds is 14. The fourth-order valence-electron chi connectivity index (χ4n) is 4.63. The number of aliphatic hydroxyl groups excluding tert-OH is 1. The van der Waals surface area contributed by atoms with Crippen LogP contribution < -0.4 is 16.4 Å². The zero-order valence-electron chi connectivity index (χ0n) is 23.8. The van der Waals surface area contributed by atoms with Crippen molar-refractivity contribution in [2.24, 2.45) is 4.99 Å². The quantitative estimate of drug-likeness (QED) is 0.0630. The van der Waals surface area contributed by atoms with Crippen molar-refractivity contribution < 1.29 is 61.1 Å². The summed E-state index contributed by atoms with van der Waals surface area (Å²) < 4.78 is 53.6. The van der Waals surface area contributed by atoms with Gasteiger partial charge in [-0.05, 0) is 6.08 Å². The SMILES string of the molecule is Nc1ncnc2c1c(/C=C/C(=O)NCCNc1ncnc3c1N=CC3)cn2[C@H]1CC(O)[C@@H](COP(=O)(O)OP(=O)(O)OP(=O)(O)O)O1. The van der Waals surface area contributed by atoms with E-state index in [1.807, 2.05) is 0 Å². The van der Waals surface area contributed by atoms with E-state index in [0.29, 0.717) is 35.4 Å². The van der Waals surface area contributed by atoms with Gasteiger partial charge >= 0.3 is 23.5 Å². The van der Waals surface area contributed by atoms with Crippen molar-refractivity contribution in [3.05, 3.63) is 36.2 Å². The van der Waals surface area contributed by atoms with E-state index in [1.54, 1.807) is 12.4 Å². The number of phosphoric acid groups is 3. The number of fused-ring (bicyclic) bond motifs is 2. The summed E-state index contributed by atoms with van der Waals surface area (Å²) in [5.74, 6) is 0.223. The van der Waals surface area contributed by atoms with E-state index in [4.69, 9.17) is 20.3 Å². The predicted molar refractivity (Wildman–Crippen MR) is 161 cm³/mol. The number of aliphatic hydroxyl groups is 1. The Morgan fingerprint density at radius 3 is 2.62 bits per heavy atom. The Labute approximate surface area is 264 Å². The van der Waals surface area contributed by atoms with Crippen LogP contribution in [0.25, 0.3) is 17.1 Å². The number of carbonyl (C=O) groups excluding carboxylic acids is 1. The number of nitrogen functional groups attached to an aromatic ring is 1. The lowest BCUT2D eigenvalue weighted by atomic mass is 10.2. The average molecular weight is 719 g/mol. The molecule has 2 aliphatic rings. The molecular weight excluding hydrogens is 691 g/mol. The normalized spacial score (nSPS) is 21.9. The Kier molecular flexibility index (Phi) is 10.3. The second-order valence-corrected chi connectivity index (χ2v) is 14.3. The Morgan fingerprint density at radius 1 is 1.09 bits per heavy atom. The van der Waals surface area contributed by atoms with Crippen LogP contribution in [0.1, 0.15) is 23.9 Å². The zero-order valence-corrected chi connectivity index (χ0v) is 26.5. The lowest BCUT2D eigenvalue weighted by molar-refractivity contribution is -0.116. The summed E-state index contributed by atoms with van der Waals surface area (Å²) in [6.45, 7) is -0.232. The third-order valence-electron chi connectivity index (χ3n) is 6.53. The maximum atomic E-state index is 12.5. The molecule has 5 atom stereocenters. The molecule has 0 saturated carbocycles. The van der Waals surface area contributed by atoms with E-state index >= 15 is 0 Å². The predicted octanol–water partition coefficient (Wildman–Crippen LogP) is 0.295. The number of nitrogens with zero attached hydrogens (tertiary/aromatic N) is 6. The molecule has 3 unspecified atom stereocenters. The van der Waals surface area contributed by atoms with Crippen LogP contribution in [-0.2, 0) is 42.8 Å². The van der Waals surface area contributed by atoms with Crippen molar-refractivity contribution in [3.63, 3.8) is 0 Å². The van der Waals surface area contributed by atoms with Crippen LogP contribution >= 0.6 is 23.5 Å². The minimum Gasteiger partial charge on any atom is -0.390 e. The molecule has 1 amide bonds. The number of ether oxygens (including phenoxy) is 1. The maximum absolute atomic E-state index is 12.5. The van der Waals surface area contributed by atoms with Crippen molar-refractivity contribution in [1.29, 1.82) is 0 Å². The Morgan fingerprint density at radius 2 is 1.85 bits per heavy atom. The van der Waals surface area contributed by atoms with Gasteiger partial charge in [0.2, 0.25) is 5.91 Å². The molecule has 3 aromatic rings. The van der Waals surface area contributed by atoms with E-state index in [9.17, 15) is 33.4 Å². The molecule has 0 aliphatic carbocycles. The lowest BCUT2D eigenvalue weighted by Gasteiger charge is -2.19. The van der Waals surface area contributed by atoms with E-state index in [1.165, 1.54) is 29.4 Å². The van der Waals surface area contributed by atoms with Crippen molar-refractivity contribution in [2.75, 3.05) is 30.7 Å². The molecular formula is C22H28N9O13P3. The first-order valence-electron chi connectivity index (χ1n) is 13.4. The smallest absolute Gasteiger partial charge is 0.390 e. The number of hydrogen-bond donors (Lipinski definition) is 8. The zero-order chi connectivity index (χ0) is 34.0. The van der Waals surface area contributed by atoms with Crippen LogP contribution in [-0.4, -0.2) is 93.2 Å². The molecule has 2 aliphatic heterocycles. The fraction of sp³-hybridized carbons (Fsp3) is 0.364. The number of hydrogen-bond acceptors (Lipinski definition) is 16. The Balaban J connectivity index is 1.20. The largest absolute Gasteiger partial charge is 0.490 e. The number of carbonyl (C=O) groups is 1. The van der Waals surface area contributed by atoms with Crippen molar-refractivity contribution in [3.8, 4) is 0 Å². The van der Waals surface area contributed by atoms with Crippen molar-refractivity contribution in [2.45, 2.75) is 31.3 Å². The Hall–Kier alpha value is -3.49. The number of nitrogens with one attached hydrogen (secondary N) is 2. The van der Waals surface area contributed by atoms with Gasteiger partial charge in [0.15, 0.2) is 5.82 Å². The molecule has 5 rings (SSSR count). The van der Waals surface area contributed by atoms with E-state index in [0.717, 1.165) is 5.69 Å². The first-order chi connectivity index (χ1) is 22.1. The summed E-state index contributed by atoms with van der Waals surface area (Å²) >= 11 is 0. The summed E-state index contributed by atoms with van der Waals surface area (Å²) in [5.41, 5.74) is 8.27. The Bertz CT molecular complexity index is 1870. The molecule has 1 fully saturated rings. The number of amides is 1. The first kappa shape index (κ1) is 34.8. The second kappa shape index (κ2) is 13.9. The second-order valence-electron chi connectivity index (χ2n) is 9.85. The fourth-order valence-corrected chi connectivity index (χ4v) is 7.66. The highest BCUT2D eigenvalue weighted by Gasteiger charge is 2.43. The minimum absolute atomic E-state index is 0.0841. The molecule has 0 radical (unpaired) electrons. The summed E-state index contributed by atoms with van der Waals surface area (Å²) in [6, 6.07) is 0. The van der Waals surface area contributed by atoms with Gasteiger partial charge in [0.1, 0.15) is 42.1 Å². The molecule has 254 valence electrons. The first-order valence-corrected chi connectivity index (χ1v) is 17.9. The van der Waals surface area contributed by atoms with Gasteiger partial charge < -0.3 is 50.4 Å². The van der Waals surface area contributed by atoms with Gasteiger partial charge in [-0.3, -0.25) is 14.3 Å². The number of aromatic nitrogens is 5. The van der Waals surface area contributed by atoms with Gasteiger partial charge in [-0.25, -0.2) is 33.6 Å². The molecule has 9 N–H and O–H groups in total. The van der Waals surface area contributed by atoms with Crippen LogP contribution in [0, 0.1) is 0 Å². The molecule has 25 heteroatoms. The number of anilines is 2. The van der Waals surface area contributed by atoms with E-state index < -0.39 is 54.4 Å². The number of nitrogens with two attached hydrogens (primary N) is 1. The summed E-state index contributed by atoms with van der Waals surface area (Å²) in [7, 11) is -16.7. The van der Waals surface area contributed by atoms with Crippen molar-refractivity contribution >= 4 is 70.0 Å². The standard InChI is InChI=1S/C22H28N9O13P3/c23-20-18-12(1-2-16(33)24-5-6-26-21-19-13(3-4-25-19)27-10-29-21)8-31(22(18)30-11-28-20)17-7-14(32)15(42-17)9-41-46(37,38)44-47(39,40)43-45(34,35)36/h1-2,4,8,10-11,14-15,17,32H,3,5-7,9H2,(H,24,33)(H,37,38)(H,39,40)(H2,23,28,30)(H,26,27,29)(H2,34,35,36)/b2-1+/t14?,15-,17-/m1/s1. The highest BCUT2D eigenvalue weighted by atomic mass is 31.3. The van der Waals surface area contributed by atoms with Crippen LogP contribution in [0.3, 0.4) is 0 Å². The van der Waals surface area contributed by atoms with Gasteiger partial charge in [-0.15, -0.1) is 0 Å².